The van der Waals surface area contributed by atoms with E-state index in [9.17, 15) is 0 Å². The highest BCUT2D eigenvalue weighted by atomic mass is 15.3. The van der Waals surface area contributed by atoms with Crippen molar-refractivity contribution in [2.45, 2.75) is 13.3 Å². The maximum atomic E-state index is 4.80. The average Bonchev–Trinajstić information content (AvgIpc) is 2.88. The summed E-state index contributed by atoms with van der Waals surface area (Å²) in [5.74, 6) is 0.683. The van der Waals surface area contributed by atoms with Gasteiger partial charge in [-0.05, 0) is 48.4 Å². The second-order valence-corrected chi connectivity index (χ2v) is 5.72. The fraction of sp³-hybridized carbons (Fsp3) is 0.100. The molecule has 1 aliphatic heterocycles. The summed E-state index contributed by atoms with van der Waals surface area (Å²) in [6.45, 7) is 2.14. The first kappa shape index (κ1) is 15.2. The van der Waals surface area contributed by atoms with Gasteiger partial charge < -0.3 is 0 Å². The number of aliphatic imine (C=N–C) groups is 1. The van der Waals surface area contributed by atoms with Crippen LogP contribution < -0.4 is 5.43 Å². The smallest absolute Gasteiger partial charge is 0.155 e. The fourth-order valence-electron chi connectivity index (χ4n) is 2.77. The normalized spacial score (nSPS) is 13.2. The predicted octanol–water partition coefficient (Wildman–Crippen LogP) is 3.47. The van der Waals surface area contributed by atoms with Gasteiger partial charge in [0, 0.05) is 41.5 Å². The summed E-state index contributed by atoms with van der Waals surface area (Å²) in [5.41, 5.74) is 9.01. The molecule has 1 aromatic carbocycles. The van der Waals surface area contributed by atoms with Crippen LogP contribution in [0.3, 0.4) is 0 Å². The van der Waals surface area contributed by atoms with E-state index in [1.165, 1.54) is 5.56 Å². The zero-order valence-electron chi connectivity index (χ0n) is 13.8. The number of benzene rings is 1. The fourth-order valence-corrected chi connectivity index (χ4v) is 2.77. The van der Waals surface area contributed by atoms with Crippen molar-refractivity contribution >= 4 is 17.2 Å². The first-order valence-corrected chi connectivity index (χ1v) is 8.21. The number of pyridine rings is 2. The Labute approximate surface area is 146 Å². The summed E-state index contributed by atoms with van der Waals surface area (Å²) < 4.78 is 0. The molecule has 2 aromatic heterocycles. The molecule has 3 aromatic rings. The molecule has 25 heavy (non-hydrogen) atoms. The minimum Gasteiger partial charge on any atom is -0.265 e. The van der Waals surface area contributed by atoms with Gasteiger partial charge in [0.05, 0.1) is 5.69 Å². The van der Waals surface area contributed by atoms with Crippen LogP contribution in [0.2, 0.25) is 0 Å². The molecule has 5 heteroatoms. The molecular formula is C20H17N5. The molecule has 1 N–H and O–H groups in total. The zero-order valence-corrected chi connectivity index (χ0v) is 13.8. The molecule has 122 valence electrons. The van der Waals surface area contributed by atoms with Crippen LogP contribution in [-0.4, -0.2) is 21.5 Å². The van der Waals surface area contributed by atoms with Crippen LogP contribution in [0.4, 0.5) is 5.69 Å². The predicted molar refractivity (Wildman–Crippen MR) is 99.3 cm³/mol. The zero-order chi connectivity index (χ0) is 17.1. The minimum atomic E-state index is 0.683. The highest BCUT2D eigenvalue weighted by Gasteiger charge is 2.17. The molecule has 0 fully saturated rings. The summed E-state index contributed by atoms with van der Waals surface area (Å²) in [4.78, 5) is 13.1. The number of nitrogens with one attached hydrogen (secondary N) is 1. The Morgan fingerprint density at radius 2 is 1.80 bits per heavy atom. The summed E-state index contributed by atoms with van der Waals surface area (Å²) in [6.07, 6.45) is 8.03. The Kier molecular flexibility index (Phi) is 4.04. The number of aryl methyl sites for hydroxylation is 1. The number of amidine groups is 1. The molecule has 0 radical (unpaired) electrons. The van der Waals surface area contributed by atoms with Gasteiger partial charge in [-0.25, -0.2) is 4.99 Å². The molecular weight excluding hydrogens is 310 g/mol. The van der Waals surface area contributed by atoms with Gasteiger partial charge in [0.1, 0.15) is 5.71 Å². The van der Waals surface area contributed by atoms with Crippen LogP contribution in [0.25, 0.3) is 0 Å². The summed E-state index contributed by atoms with van der Waals surface area (Å²) in [5, 5.41) is 4.65. The lowest BCUT2D eigenvalue weighted by Gasteiger charge is -2.09. The van der Waals surface area contributed by atoms with Gasteiger partial charge in [0.25, 0.3) is 0 Å². The lowest BCUT2D eigenvalue weighted by atomic mass is 9.98. The van der Waals surface area contributed by atoms with Crippen molar-refractivity contribution in [3.8, 4) is 0 Å². The van der Waals surface area contributed by atoms with Crippen molar-refractivity contribution in [2.24, 2.45) is 10.1 Å². The van der Waals surface area contributed by atoms with Crippen LogP contribution >= 0.6 is 0 Å². The SMILES string of the molecule is CCc1ccc2c(c1)C(c1ccncc1)=NNC(c1cccnc1)=N2. The largest absolute Gasteiger partial charge is 0.265 e. The van der Waals surface area contributed by atoms with Gasteiger partial charge >= 0.3 is 0 Å². The quantitative estimate of drug-likeness (QED) is 0.801. The van der Waals surface area contributed by atoms with Gasteiger partial charge in [0.2, 0.25) is 0 Å². The summed E-state index contributed by atoms with van der Waals surface area (Å²) in [7, 11) is 0. The highest BCUT2D eigenvalue weighted by molar-refractivity contribution is 6.18. The third kappa shape index (κ3) is 3.04. The number of hydrazone groups is 1. The third-order valence-electron chi connectivity index (χ3n) is 4.12. The Morgan fingerprint density at radius 1 is 0.920 bits per heavy atom. The van der Waals surface area contributed by atoms with Gasteiger partial charge in [-0.3, -0.25) is 15.4 Å². The number of hydrogen-bond acceptors (Lipinski definition) is 5. The summed E-state index contributed by atoms with van der Waals surface area (Å²) in [6, 6.07) is 14.1. The standard InChI is InChI=1S/C20H17N5/c1-2-14-5-6-18-17(12-14)19(15-7-10-21-11-8-15)24-25-20(23-18)16-4-3-9-22-13-16/h3-13H,2H2,1H3,(H,23,25). The Hall–Kier alpha value is -3.34. The molecule has 5 nitrogen and oxygen atoms in total. The van der Waals surface area contributed by atoms with E-state index in [0.717, 1.165) is 34.5 Å². The van der Waals surface area contributed by atoms with Crippen molar-refractivity contribution < 1.29 is 0 Å². The molecule has 0 saturated heterocycles. The molecule has 0 amide bonds. The molecule has 0 spiro atoms. The topological polar surface area (TPSA) is 62.5 Å². The number of aromatic nitrogens is 2. The molecule has 0 saturated carbocycles. The number of hydrogen-bond donors (Lipinski definition) is 1. The molecule has 1 aliphatic rings. The van der Waals surface area contributed by atoms with Crippen molar-refractivity contribution in [3.05, 3.63) is 89.5 Å². The molecule has 4 rings (SSSR count). The number of nitrogens with zero attached hydrogens (tertiary/aromatic N) is 4. The maximum Gasteiger partial charge on any atom is 0.155 e. The second kappa shape index (κ2) is 6.65. The summed E-state index contributed by atoms with van der Waals surface area (Å²) >= 11 is 0. The van der Waals surface area contributed by atoms with Crippen LogP contribution in [0.1, 0.15) is 29.2 Å². The average molecular weight is 327 g/mol. The van der Waals surface area contributed by atoms with E-state index in [1.54, 1.807) is 24.8 Å². The maximum absolute atomic E-state index is 4.80. The molecule has 0 unspecified atom stereocenters. The van der Waals surface area contributed by atoms with Crippen molar-refractivity contribution in [1.82, 2.24) is 15.4 Å². The Bertz CT molecular complexity index is 946. The second-order valence-electron chi connectivity index (χ2n) is 5.72. The van der Waals surface area contributed by atoms with E-state index in [2.05, 4.69) is 39.6 Å². The molecule has 0 bridgehead atoms. The van der Waals surface area contributed by atoms with Crippen LogP contribution in [0.5, 0.6) is 0 Å². The highest BCUT2D eigenvalue weighted by Crippen LogP contribution is 2.27. The van der Waals surface area contributed by atoms with Crippen LogP contribution in [0.15, 0.2) is 77.3 Å². The van der Waals surface area contributed by atoms with E-state index in [1.807, 2.05) is 30.3 Å². The number of fused-ring (bicyclic) bond motifs is 1. The third-order valence-corrected chi connectivity index (χ3v) is 4.12. The first-order chi connectivity index (χ1) is 12.3. The van der Waals surface area contributed by atoms with Crippen molar-refractivity contribution in [1.29, 1.82) is 0 Å². The van der Waals surface area contributed by atoms with E-state index in [0.29, 0.717) is 5.84 Å². The van der Waals surface area contributed by atoms with Crippen molar-refractivity contribution in [3.63, 3.8) is 0 Å². The van der Waals surface area contributed by atoms with Crippen LogP contribution in [-0.2, 0) is 6.42 Å². The van der Waals surface area contributed by atoms with E-state index in [4.69, 9.17) is 4.99 Å². The molecule has 3 heterocycles. The van der Waals surface area contributed by atoms with Crippen molar-refractivity contribution in [2.75, 3.05) is 0 Å². The van der Waals surface area contributed by atoms with Gasteiger partial charge in [-0.15, -0.1) is 0 Å². The first-order valence-electron chi connectivity index (χ1n) is 8.21. The lowest BCUT2D eigenvalue weighted by Crippen LogP contribution is -2.19. The van der Waals surface area contributed by atoms with Crippen LogP contribution in [0, 0.1) is 0 Å². The van der Waals surface area contributed by atoms with E-state index < -0.39 is 0 Å². The van der Waals surface area contributed by atoms with Gasteiger partial charge in [-0.2, -0.15) is 5.10 Å². The van der Waals surface area contributed by atoms with E-state index in [-0.39, 0.29) is 0 Å². The Balaban J connectivity index is 1.89. The minimum absolute atomic E-state index is 0.683. The lowest BCUT2D eigenvalue weighted by molar-refractivity contribution is 1.03. The molecule has 0 aliphatic carbocycles. The Morgan fingerprint density at radius 3 is 2.56 bits per heavy atom. The van der Waals surface area contributed by atoms with E-state index >= 15 is 0 Å². The van der Waals surface area contributed by atoms with Gasteiger partial charge in [0.15, 0.2) is 5.84 Å². The monoisotopic (exact) mass is 327 g/mol. The number of rotatable bonds is 3. The molecule has 0 atom stereocenters. The van der Waals surface area contributed by atoms with Gasteiger partial charge in [-0.1, -0.05) is 13.0 Å².